The van der Waals surface area contributed by atoms with Crippen LogP contribution in [-0.2, 0) is 6.54 Å². The number of aryl methyl sites for hydroxylation is 1. The second kappa shape index (κ2) is 4.52. The molecule has 1 aromatic heterocycles. The Morgan fingerprint density at radius 3 is 2.59 bits per heavy atom. The lowest BCUT2D eigenvalue weighted by Gasteiger charge is -2.07. The van der Waals surface area contributed by atoms with E-state index in [4.69, 9.17) is 22.6 Å². The third-order valence-corrected chi connectivity index (χ3v) is 3.06. The smallest absolute Gasteiger partial charge is 0.133 e. The maximum Gasteiger partial charge on any atom is 0.133 e. The molecule has 0 aliphatic rings. The van der Waals surface area contributed by atoms with Crippen molar-refractivity contribution in [3.8, 4) is 6.07 Å². The molecule has 3 nitrogen and oxygen atoms in total. The number of hydrogen-bond acceptors (Lipinski definition) is 2. The predicted molar refractivity (Wildman–Crippen MR) is 68.9 cm³/mol. The van der Waals surface area contributed by atoms with Crippen LogP contribution in [0.15, 0.2) is 30.3 Å². The summed E-state index contributed by atoms with van der Waals surface area (Å²) in [5.74, 6) is 0. The number of nitrogens with zero attached hydrogens (tertiary/aromatic N) is 2. The molecule has 4 heteroatoms. The lowest BCUT2D eigenvalue weighted by Crippen LogP contribution is -2.02. The molecule has 0 amide bonds. The zero-order chi connectivity index (χ0) is 12.4. The fraction of sp³-hybridized carbons (Fsp3) is 0.154. The maximum atomic E-state index is 8.99. The predicted octanol–water partition coefficient (Wildman–Crippen LogP) is 2.95. The van der Waals surface area contributed by atoms with Crippen molar-refractivity contribution in [2.24, 2.45) is 0 Å². The molecule has 0 fully saturated rings. The number of halogens is 1. The maximum absolute atomic E-state index is 8.99. The summed E-state index contributed by atoms with van der Waals surface area (Å²) in [7, 11) is 0. The van der Waals surface area contributed by atoms with E-state index in [-0.39, 0.29) is 0 Å². The number of aromatic nitrogens is 1. The van der Waals surface area contributed by atoms with Gasteiger partial charge in [0.25, 0.3) is 0 Å². The summed E-state index contributed by atoms with van der Waals surface area (Å²) in [5, 5.41) is 9.41. The van der Waals surface area contributed by atoms with Crippen LogP contribution in [0.25, 0.3) is 0 Å². The number of nitriles is 1. The monoisotopic (exact) mass is 245 g/mol. The molecule has 2 rings (SSSR count). The highest BCUT2D eigenvalue weighted by molar-refractivity contribution is 6.32. The fourth-order valence-corrected chi connectivity index (χ4v) is 1.87. The third kappa shape index (κ3) is 2.27. The highest BCUT2D eigenvalue weighted by Crippen LogP contribution is 2.24. The highest BCUT2D eigenvalue weighted by atomic mass is 35.5. The molecule has 0 spiro atoms. The van der Waals surface area contributed by atoms with E-state index in [0.29, 0.717) is 23.1 Å². The van der Waals surface area contributed by atoms with Crippen LogP contribution in [0.4, 0.5) is 5.69 Å². The van der Waals surface area contributed by atoms with Crippen molar-refractivity contribution in [2.45, 2.75) is 13.5 Å². The van der Waals surface area contributed by atoms with Crippen LogP contribution in [-0.4, -0.2) is 4.57 Å². The van der Waals surface area contributed by atoms with Crippen LogP contribution in [0.1, 0.15) is 16.8 Å². The summed E-state index contributed by atoms with van der Waals surface area (Å²) in [4.78, 5) is 0. The zero-order valence-corrected chi connectivity index (χ0v) is 10.2. The number of nitrogen functional groups attached to an aromatic ring is 1. The van der Waals surface area contributed by atoms with Crippen LogP contribution >= 0.6 is 11.6 Å². The van der Waals surface area contributed by atoms with Gasteiger partial charge in [-0.2, -0.15) is 5.26 Å². The molecule has 1 heterocycles. The van der Waals surface area contributed by atoms with Gasteiger partial charge in [-0.15, -0.1) is 0 Å². The van der Waals surface area contributed by atoms with Crippen molar-refractivity contribution in [1.82, 2.24) is 4.57 Å². The molecule has 0 atom stereocenters. The molecule has 0 aliphatic heterocycles. The number of hydrogen-bond donors (Lipinski definition) is 1. The molecule has 86 valence electrons. The molecule has 1 aromatic carbocycles. The van der Waals surface area contributed by atoms with Crippen molar-refractivity contribution >= 4 is 17.3 Å². The van der Waals surface area contributed by atoms with Crippen molar-refractivity contribution < 1.29 is 0 Å². The van der Waals surface area contributed by atoms with E-state index >= 15 is 0 Å². The van der Waals surface area contributed by atoms with Crippen LogP contribution in [0.5, 0.6) is 0 Å². The number of nitrogens with two attached hydrogens (primary N) is 1. The molecule has 0 saturated heterocycles. The quantitative estimate of drug-likeness (QED) is 0.884. The van der Waals surface area contributed by atoms with Gasteiger partial charge in [-0.3, -0.25) is 0 Å². The number of anilines is 1. The van der Waals surface area contributed by atoms with E-state index in [1.165, 1.54) is 5.56 Å². The van der Waals surface area contributed by atoms with Crippen LogP contribution in [0.2, 0.25) is 5.15 Å². The van der Waals surface area contributed by atoms with Crippen molar-refractivity contribution in [3.63, 3.8) is 0 Å². The molecular weight excluding hydrogens is 234 g/mol. The Morgan fingerprint density at radius 2 is 2.00 bits per heavy atom. The Bertz CT molecular complexity index is 576. The third-order valence-electron chi connectivity index (χ3n) is 2.63. The van der Waals surface area contributed by atoms with Gasteiger partial charge in [0.2, 0.25) is 0 Å². The second-order valence-corrected chi connectivity index (χ2v) is 4.32. The molecule has 17 heavy (non-hydrogen) atoms. The Labute approximate surface area is 105 Å². The molecule has 0 saturated carbocycles. The summed E-state index contributed by atoms with van der Waals surface area (Å²) in [6.45, 7) is 2.59. The van der Waals surface area contributed by atoms with Gasteiger partial charge >= 0.3 is 0 Å². The molecule has 2 aromatic rings. The molecule has 0 radical (unpaired) electrons. The van der Waals surface area contributed by atoms with E-state index in [1.807, 2.05) is 31.2 Å². The summed E-state index contributed by atoms with van der Waals surface area (Å²) in [6.07, 6.45) is 0. The standard InChI is InChI=1S/C13H12ClN3/c1-9-2-4-10(5-3-9)8-17-11(7-15)6-12(16)13(17)14/h2-6H,8,16H2,1H3. The molecule has 0 bridgehead atoms. The van der Waals surface area contributed by atoms with E-state index < -0.39 is 0 Å². The van der Waals surface area contributed by atoms with Crippen LogP contribution in [0, 0.1) is 18.3 Å². The minimum absolute atomic E-state index is 0.419. The Hall–Kier alpha value is -1.92. The van der Waals surface area contributed by atoms with Crippen molar-refractivity contribution in [1.29, 1.82) is 5.26 Å². The minimum Gasteiger partial charge on any atom is -0.396 e. The molecule has 0 unspecified atom stereocenters. The van der Waals surface area contributed by atoms with E-state index in [1.54, 1.807) is 10.6 Å². The average Bonchev–Trinajstić information content (AvgIpc) is 2.59. The lowest BCUT2D eigenvalue weighted by molar-refractivity contribution is 0.795. The molecule has 2 N–H and O–H groups in total. The first kappa shape index (κ1) is 11.6. The van der Waals surface area contributed by atoms with Gasteiger partial charge in [-0.05, 0) is 18.6 Å². The van der Waals surface area contributed by atoms with E-state index in [0.717, 1.165) is 5.56 Å². The van der Waals surface area contributed by atoms with Crippen LogP contribution in [0.3, 0.4) is 0 Å². The normalized spacial score (nSPS) is 10.2. The number of benzene rings is 1. The summed E-state index contributed by atoms with van der Waals surface area (Å²) in [6, 6.07) is 11.8. The Balaban J connectivity index is 2.36. The fourth-order valence-electron chi connectivity index (χ4n) is 1.67. The van der Waals surface area contributed by atoms with E-state index in [9.17, 15) is 0 Å². The zero-order valence-electron chi connectivity index (χ0n) is 9.44. The van der Waals surface area contributed by atoms with Crippen molar-refractivity contribution in [2.75, 3.05) is 5.73 Å². The summed E-state index contributed by atoms with van der Waals surface area (Å²) < 4.78 is 1.71. The minimum atomic E-state index is 0.419. The highest BCUT2D eigenvalue weighted by Gasteiger charge is 2.11. The summed E-state index contributed by atoms with van der Waals surface area (Å²) in [5.41, 5.74) is 8.90. The first-order chi connectivity index (χ1) is 8.11. The molecular formula is C13H12ClN3. The van der Waals surface area contributed by atoms with Crippen LogP contribution < -0.4 is 5.73 Å². The first-order valence-electron chi connectivity index (χ1n) is 5.22. The lowest BCUT2D eigenvalue weighted by atomic mass is 10.1. The Kier molecular flexibility index (Phi) is 3.08. The topological polar surface area (TPSA) is 54.7 Å². The van der Waals surface area contributed by atoms with Gasteiger partial charge in [-0.1, -0.05) is 41.4 Å². The SMILES string of the molecule is Cc1ccc(Cn2c(C#N)cc(N)c2Cl)cc1. The van der Waals surface area contributed by atoms with Gasteiger partial charge in [0.1, 0.15) is 16.9 Å². The van der Waals surface area contributed by atoms with Gasteiger partial charge in [0.15, 0.2) is 0 Å². The largest absolute Gasteiger partial charge is 0.396 e. The number of rotatable bonds is 2. The van der Waals surface area contributed by atoms with Gasteiger partial charge in [0.05, 0.1) is 5.69 Å². The molecule has 0 aliphatic carbocycles. The first-order valence-corrected chi connectivity index (χ1v) is 5.59. The van der Waals surface area contributed by atoms with Gasteiger partial charge in [-0.25, -0.2) is 0 Å². The van der Waals surface area contributed by atoms with Crippen molar-refractivity contribution in [3.05, 3.63) is 52.3 Å². The second-order valence-electron chi connectivity index (χ2n) is 3.96. The average molecular weight is 246 g/mol. The Morgan fingerprint density at radius 1 is 1.35 bits per heavy atom. The summed E-state index contributed by atoms with van der Waals surface area (Å²) >= 11 is 6.06. The van der Waals surface area contributed by atoms with E-state index in [2.05, 4.69) is 6.07 Å². The van der Waals surface area contributed by atoms with Gasteiger partial charge < -0.3 is 10.3 Å². The van der Waals surface area contributed by atoms with Gasteiger partial charge in [0, 0.05) is 6.54 Å².